The van der Waals surface area contributed by atoms with E-state index in [-0.39, 0.29) is 18.3 Å². The van der Waals surface area contributed by atoms with Gasteiger partial charge in [0.1, 0.15) is 0 Å². The highest BCUT2D eigenvalue weighted by atomic mass is 16.2. The quantitative estimate of drug-likeness (QED) is 0.466. The first-order valence-electron chi connectivity index (χ1n) is 11.5. The van der Waals surface area contributed by atoms with Crippen LogP contribution in [0.5, 0.6) is 0 Å². The number of rotatable bonds is 6. The van der Waals surface area contributed by atoms with Gasteiger partial charge in [-0.25, -0.2) is 4.79 Å². The molecule has 4 aromatic rings. The lowest BCUT2D eigenvalue weighted by Crippen LogP contribution is -2.46. The van der Waals surface area contributed by atoms with Crippen molar-refractivity contribution in [2.24, 2.45) is 0 Å². The molecule has 0 radical (unpaired) electrons. The fourth-order valence-electron chi connectivity index (χ4n) is 4.12. The maximum absolute atomic E-state index is 13.5. The molecule has 0 unspecified atom stereocenters. The second kappa shape index (κ2) is 9.93. The van der Waals surface area contributed by atoms with E-state index in [4.69, 9.17) is 0 Å². The fourth-order valence-corrected chi connectivity index (χ4v) is 4.12. The van der Waals surface area contributed by atoms with E-state index in [0.717, 1.165) is 37.1 Å². The molecule has 0 fully saturated rings. The molecule has 4 rings (SSSR count). The maximum Gasteiger partial charge on any atom is 0.352 e. The Balaban J connectivity index is 1.84. The third kappa shape index (κ3) is 5.30. The maximum atomic E-state index is 13.5. The van der Waals surface area contributed by atoms with Crippen LogP contribution in [0, 0.1) is 20.8 Å². The summed E-state index contributed by atoms with van der Waals surface area (Å²) in [7, 11) is 0. The Hall–Kier alpha value is -4.26. The minimum Gasteiger partial charge on any atom is -0.344 e. The van der Waals surface area contributed by atoms with Gasteiger partial charge in [0.2, 0.25) is 5.69 Å². The van der Waals surface area contributed by atoms with E-state index in [0.29, 0.717) is 5.69 Å². The minimum absolute atomic E-state index is 0.0290. The van der Waals surface area contributed by atoms with Gasteiger partial charge in [0.05, 0.1) is 18.3 Å². The number of hydrogen-bond donors (Lipinski definition) is 1. The van der Waals surface area contributed by atoms with E-state index < -0.39 is 17.2 Å². The van der Waals surface area contributed by atoms with Crippen LogP contribution in [0.3, 0.4) is 0 Å². The Labute approximate surface area is 203 Å². The van der Waals surface area contributed by atoms with Crippen molar-refractivity contribution in [3.8, 4) is 5.69 Å². The average molecular weight is 469 g/mol. The molecule has 35 heavy (non-hydrogen) atoms. The summed E-state index contributed by atoms with van der Waals surface area (Å²) in [5, 5.41) is 7.09. The summed E-state index contributed by atoms with van der Waals surface area (Å²) in [6, 6.07) is 22.2. The Morgan fingerprint density at radius 2 is 1.57 bits per heavy atom. The topological polar surface area (TPSA) is 86.0 Å². The van der Waals surface area contributed by atoms with Gasteiger partial charge in [-0.15, -0.1) is 0 Å². The molecule has 0 aliphatic heterocycles. The summed E-state index contributed by atoms with van der Waals surface area (Å²) < 4.78 is 2.21. The molecule has 1 atom stereocenters. The molecule has 0 bridgehead atoms. The number of benzene rings is 3. The highest BCUT2D eigenvalue weighted by Crippen LogP contribution is 2.13. The molecule has 178 valence electrons. The van der Waals surface area contributed by atoms with Gasteiger partial charge in [-0.05, 0) is 62.1 Å². The van der Waals surface area contributed by atoms with Gasteiger partial charge in [0.25, 0.3) is 11.5 Å². The van der Waals surface area contributed by atoms with E-state index >= 15 is 0 Å². The van der Waals surface area contributed by atoms with Gasteiger partial charge in [-0.1, -0.05) is 66.2 Å². The second-order valence-corrected chi connectivity index (χ2v) is 8.88. The van der Waals surface area contributed by atoms with Gasteiger partial charge in [-0.2, -0.15) is 9.78 Å². The first kappa shape index (κ1) is 23.9. The smallest absolute Gasteiger partial charge is 0.344 e. The monoisotopic (exact) mass is 468 g/mol. The minimum atomic E-state index is -0.727. The SMILES string of the molecule is Cc1cccc(Cn2c(=O)c(C(=O)N[C@@H](C)c3ccccc3)nn(-c3cc(C)cc(C)c3)c2=O)c1. The van der Waals surface area contributed by atoms with Crippen LogP contribution < -0.4 is 16.6 Å². The van der Waals surface area contributed by atoms with Gasteiger partial charge >= 0.3 is 5.69 Å². The molecular weight excluding hydrogens is 440 g/mol. The zero-order chi connectivity index (χ0) is 25.1. The normalized spacial score (nSPS) is 11.8. The summed E-state index contributed by atoms with van der Waals surface area (Å²) in [6.45, 7) is 7.63. The summed E-state index contributed by atoms with van der Waals surface area (Å²) in [6.07, 6.45) is 0. The molecule has 0 aliphatic rings. The lowest BCUT2D eigenvalue weighted by atomic mass is 10.1. The summed E-state index contributed by atoms with van der Waals surface area (Å²) in [5.41, 5.74) is 3.39. The van der Waals surface area contributed by atoms with Crippen molar-refractivity contribution in [3.05, 3.63) is 127 Å². The van der Waals surface area contributed by atoms with Crippen molar-refractivity contribution in [2.75, 3.05) is 0 Å². The number of aromatic nitrogens is 3. The third-order valence-corrected chi connectivity index (χ3v) is 5.80. The molecule has 7 heteroatoms. The first-order valence-corrected chi connectivity index (χ1v) is 11.5. The highest BCUT2D eigenvalue weighted by Gasteiger charge is 2.22. The van der Waals surface area contributed by atoms with Crippen LogP contribution in [-0.4, -0.2) is 20.3 Å². The van der Waals surface area contributed by atoms with E-state index in [2.05, 4.69) is 10.4 Å². The second-order valence-electron chi connectivity index (χ2n) is 8.88. The number of hydrogen-bond acceptors (Lipinski definition) is 4. The van der Waals surface area contributed by atoms with Crippen LogP contribution in [0.25, 0.3) is 5.69 Å². The summed E-state index contributed by atoms with van der Waals surface area (Å²) in [4.78, 5) is 40.1. The molecule has 1 heterocycles. The van der Waals surface area contributed by atoms with Gasteiger partial charge in [0, 0.05) is 0 Å². The molecule has 0 saturated carbocycles. The Morgan fingerprint density at radius 3 is 2.23 bits per heavy atom. The van der Waals surface area contributed by atoms with Crippen molar-refractivity contribution >= 4 is 5.91 Å². The van der Waals surface area contributed by atoms with Gasteiger partial charge < -0.3 is 5.32 Å². The molecule has 1 aromatic heterocycles. The van der Waals surface area contributed by atoms with Crippen molar-refractivity contribution in [3.63, 3.8) is 0 Å². The largest absolute Gasteiger partial charge is 0.352 e. The Morgan fingerprint density at radius 1 is 0.886 bits per heavy atom. The molecule has 0 aliphatic carbocycles. The van der Waals surface area contributed by atoms with Crippen LogP contribution in [0.1, 0.15) is 51.3 Å². The van der Waals surface area contributed by atoms with Crippen LogP contribution >= 0.6 is 0 Å². The number of carbonyl (C=O) groups excluding carboxylic acids is 1. The predicted octanol–water partition coefficient (Wildman–Crippen LogP) is 3.86. The lowest BCUT2D eigenvalue weighted by molar-refractivity contribution is 0.0930. The van der Waals surface area contributed by atoms with Crippen molar-refractivity contribution < 1.29 is 4.79 Å². The Kier molecular flexibility index (Phi) is 6.78. The number of nitrogens with one attached hydrogen (secondary N) is 1. The van der Waals surface area contributed by atoms with E-state index in [9.17, 15) is 14.4 Å². The zero-order valence-electron chi connectivity index (χ0n) is 20.3. The molecule has 7 nitrogen and oxygen atoms in total. The van der Waals surface area contributed by atoms with Gasteiger partial charge in [0.15, 0.2) is 0 Å². The predicted molar refractivity (Wildman–Crippen MR) is 136 cm³/mol. The lowest BCUT2D eigenvalue weighted by Gasteiger charge is -2.16. The molecule has 1 amide bonds. The van der Waals surface area contributed by atoms with Crippen molar-refractivity contribution in [1.82, 2.24) is 19.7 Å². The molecule has 3 aromatic carbocycles. The van der Waals surface area contributed by atoms with Crippen LogP contribution in [0.2, 0.25) is 0 Å². The van der Waals surface area contributed by atoms with Gasteiger partial charge in [-0.3, -0.25) is 14.2 Å². The van der Waals surface area contributed by atoms with Crippen LogP contribution in [-0.2, 0) is 6.54 Å². The first-order chi connectivity index (χ1) is 16.7. The average Bonchev–Trinajstić information content (AvgIpc) is 2.81. The van der Waals surface area contributed by atoms with E-state index in [1.807, 2.05) is 88.4 Å². The Bertz CT molecular complexity index is 1480. The zero-order valence-corrected chi connectivity index (χ0v) is 20.3. The van der Waals surface area contributed by atoms with Crippen LogP contribution in [0.15, 0.2) is 82.4 Å². The molecular formula is C28H28N4O3. The third-order valence-electron chi connectivity index (χ3n) is 5.80. The van der Waals surface area contributed by atoms with Crippen molar-refractivity contribution in [1.29, 1.82) is 0 Å². The van der Waals surface area contributed by atoms with E-state index in [1.165, 1.54) is 0 Å². The number of amides is 1. The molecule has 0 saturated heterocycles. The highest BCUT2D eigenvalue weighted by molar-refractivity contribution is 5.92. The summed E-state index contributed by atoms with van der Waals surface area (Å²) >= 11 is 0. The number of carbonyl (C=O) groups is 1. The van der Waals surface area contributed by atoms with Crippen molar-refractivity contribution in [2.45, 2.75) is 40.3 Å². The number of nitrogens with zero attached hydrogens (tertiary/aromatic N) is 3. The van der Waals surface area contributed by atoms with E-state index in [1.54, 1.807) is 12.1 Å². The number of aryl methyl sites for hydroxylation is 3. The standard InChI is InChI=1S/C28H28N4O3/c1-18-9-8-10-22(14-18)17-31-27(34)25(26(33)29-21(4)23-11-6-5-7-12-23)30-32(28(31)35)24-15-19(2)13-20(3)16-24/h5-16,21H,17H2,1-4H3,(H,29,33)/t21-/m0/s1. The summed E-state index contributed by atoms with van der Waals surface area (Å²) in [5.74, 6) is -0.637. The van der Waals surface area contributed by atoms with Crippen LogP contribution in [0.4, 0.5) is 0 Å². The fraction of sp³-hybridized carbons (Fsp3) is 0.214. The molecule has 1 N–H and O–H groups in total. The molecule has 0 spiro atoms.